The Kier molecular flexibility index (Phi) is 7.96. The number of thioether (sulfide) groups is 1. The molecule has 1 amide bonds. The summed E-state index contributed by atoms with van der Waals surface area (Å²) >= 11 is 1.00. The van der Waals surface area contributed by atoms with E-state index in [1.165, 1.54) is 7.11 Å². The monoisotopic (exact) mass is 479 g/mol. The molecule has 33 heavy (non-hydrogen) atoms. The molecule has 2 aromatic heterocycles. The predicted octanol–water partition coefficient (Wildman–Crippen LogP) is 4.49. The first-order valence-electron chi connectivity index (χ1n) is 10.2. The largest absolute Gasteiger partial charge is 0.497 e. The van der Waals surface area contributed by atoms with E-state index in [2.05, 4.69) is 20.4 Å². The molecular formula is C22H24F3N5O2S. The second kappa shape index (κ2) is 10.7. The van der Waals surface area contributed by atoms with Gasteiger partial charge in [-0.05, 0) is 44.2 Å². The fraction of sp³-hybridized carbons (Fsp3) is 0.364. The van der Waals surface area contributed by atoms with Crippen LogP contribution in [0, 0.1) is 6.92 Å². The van der Waals surface area contributed by atoms with Crippen LogP contribution in [0.1, 0.15) is 30.3 Å². The van der Waals surface area contributed by atoms with Crippen LogP contribution in [-0.2, 0) is 24.1 Å². The molecule has 1 aromatic carbocycles. The van der Waals surface area contributed by atoms with E-state index in [0.29, 0.717) is 17.9 Å². The number of methoxy groups -OCH3 is 1. The zero-order valence-electron chi connectivity index (χ0n) is 18.4. The molecule has 0 saturated heterocycles. The Morgan fingerprint density at radius 1 is 1.21 bits per heavy atom. The Hall–Kier alpha value is -3.08. The molecule has 11 heteroatoms. The molecule has 0 unspecified atom stereocenters. The fourth-order valence-corrected chi connectivity index (χ4v) is 3.75. The Bertz CT molecular complexity index is 1100. The quantitative estimate of drug-likeness (QED) is 0.360. The van der Waals surface area contributed by atoms with E-state index in [9.17, 15) is 18.0 Å². The summed E-state index contributed by atoms with van der Waals surface area (Å²) in [6, 6.07) is 7.47. The van der Waals surface area contributed by atoms with Gasteiger partial charge in [-0.1, -0.05) is 11.8 Å². The molecule has 2 heterocycles. The van der Waals surface area contributed by atoms with Crippen LogP contribution in [0.5, 0.6) is 5.75 Å². The minimum atomic E-state index is -4.61. The number of hydrogen-bond acceptors (Lipinski definition) is 6. The SMILES string of the molecule is CCn1cc(CNC(=O)CCSc2nc(-c3ccc(OC)cc3)cc(C(F)(F)F)n2)c(C)n1. The van der Waals surface area contributed by atoms with Crippen molar-refractivity contribution in [3.8, 4) is 17.0 Å². The molecule has 0 spiro atoms. The van der Waals surface area contributed by atoms with Crippen LogP contribution in [0.3, 0.4) is 0 Å². The first-order valence-corrected chi connectivity index (χ1v) is 11.2. The van der Waals surface area contributed by atoms with Crippen LogP contribution in [0.15, 0.2) is 41.7 Å². The van der Waals surface area contributed by atoms with Gasteiger partial charge in [0.25, 0.3) is 0 Å². The van der Waals surface area contributed by atoms with Crippen molar-refractivity contribution in [2.45, 2.75) is 44.7 Å². The Morgan fingerprint density at radius 3 is 2.55 bits per heavy atom. The van der Waals surface area contributed by atoms with Crippen molar-refractivity contribution in [1.82, 2.24) is 25.1 Å². The van der Waals surface area contributed by atoms with Gasteiger partial charge in [-0.25, -0.2) is 9.97 Å². The summed E-state index contributed by atoms with van der Waals surface area (Å²) in [6.45, 7) is 4.93. The molecule has 0 aliphatic carbocycles. The van der Waals surface area contributed by atoms with Gasteiger partial charge in [0.2, 0.25) is 5.91 Å². The number of carbonyl (C=O) groups excluding carboxylic acids is 1. The summed E-state index contributed by atoms with van der Waals surface area (Å²) in [6.07, 6.45) is -2.62. The van der Waals surface area contributed by atoms with Crippen molar-refractivity contribution in [1.29, 1.82) is 0 Å². The smallest absolute Gasteiger partial charge is 0.433 e. The molecule has 0 aliphatic heterocycles. The van der Waals surface area contributed by atoms with Crippen molar-refractivity contribution in [3.63, 3.8) is 0 Å². The average Bonchev–Trinajstić information content (AvgIpc) is 3.16. The lowest BCUT2D eigenvalue weighted by Crippen LogP contribution is -2.23. The molecule has 1 N–H and O–H groups in total. The van der Waals surface area contributed by atoms with Gasteiger partial charge in [0, 0.05) is 42.6 Å². The maximum Gasteiger partial charge on any atom is 0.433 e. The van der Waals surface area contributed by atoms with Crippen LogP contribution < -0.4 is 10.1 Å². The summed E-state index contributed by atoms with van der Waals surface area (Å²) in [7, 11) is 1.51. The summed E-state index contributed by atoms with van der Waals surface area (Å²) in [5, 5.41) is 7.10. The van der Waals surface area contributed by atoms with Crippen LogP contribution in [0.4, 0.5) is 13.2 Å². The van der Waals surface area contributed by atoms with Gasteiger partial charge in [0.15, 0.2) is 5.16 Å². The van der Waals surface area contributed by atoms with Gasteiger partial charge >= 0.3 is 6.18 Å². The van der Waals surface area contributed by atoms with Crippen LogP contribution in [0.2, 0.25) is 0 Å². The molecule has 0 saturated carbocycles. The van der Waals surface area contributed by atoms with E-state index in [4.69, 9.17) is 4.74 Å². The molecule has 7 nitrogen and oxygen atoms in total. The van der Waals surface area contributed by atoms with Crippen molar-refractivity contribution in [2.75, 3.05) is 12.9 Å². The zero-order chi connectivity index (χ0) is 24.0. The van der Waals surface area contributed by atoms with Crippen molar-refractivity contribution >= 4 is 17.7 Å². The highest BCUT2D eigenvalue weighted by molar-refractivity contribution is 7.99. The standard InChI is InChI=1S/C22H24F3N5O2S/c1-4-30-13-16(14(2)29-30)12-26-20(31)9-10-33-21-27-18(11-19(28-21)22(23,24)25)15-5-7-17(32-3)8-6-15/h5-8,11,13H,4,9-10,12H2,1-3H3,(H,26,31). The second-order valence-corrected chi connectivity index (χ2v) is 8.18. The molecule has 0 aliphatic rings. The van der Waals surface area contributed by atoms with Crippen molar-refractivity contribution in [3.05, 3.63) is 53.5 Å². The number of aromatic nitrogens is 4. The number of hydrogen-bond donors (Lipinski definition) is 1. The summed E-state index contributed by atoms with van der Waals surface area (Å²) < 4.78 is 47.0. The maximum absolute atomic E-state index is 13.4. The highest BCUT2D eigenvalue weighted by Gasteiger charge is 2.33. The molecule has 176 valence electrons. The van der Waals surface area contributed by atoms with Gasteiger partial charge in [-0.3, -0.25) is 9.48 Å². The molecule has 3 aromatic rings. The maximum atomic E-state index is 13.4. The third-order valence-corrected chi connectivity index (χ3v) is 5.64. The number of rotatable bonds is 9. The van der Waals surface area contributed by atoms with E-state index < -0.39 is 11.9 Å². The molecule has 0 fully saturated rings. The highest BCUT2D eigenvalue weighted by Crippen LogP contribution is 2.32. The number of carbonyl (C=O) groups is 1. The molecular weight excluding hydrogens is 455 g/mol. The van der Waals surface area contributed by atoms with E-state index in [1.807, 2.05) is 20.0 Å². The summed E-state index contributed by atoms with van der Waals surface area (Å²) in [5.41, 5.74) is 1.39. The van der Waals surface area contributed by atoms with E-state index in [0.717, 1.165) is 35.6 Å². The fourth-order valence-electron chi connectivity index (χ4n) is 2.96. The Morgan fingerprint density at radius 2 is 1.94 bits per heavy atom. The van der Waals surface area contributed by atoms with Crippen LogP contribution in [-0.4, -0.2) is 38.5 Å². The van der Waals surface area contributed by atoms with E-state index >= 15 is 0 Å². The topological polar surface area (TPSA) is 81.9 Å². The van der Waals surface area contributed by atoms with Gasteiger partial charge in [-0.2, -0.15) is 18.3 Å². The van der Waals surface area contributed by atoms with Gasteiger partial charge in [0.1, 0.15) is 11.4 Å². The number of benzene rings is 1. The number of nitrogens with zero attached hydrogens (tertiary/aromatic N) is 4. The Balaban J connectivity index is 1.64. The van der Waals surface area contributed by atoms with Crippen molar-refractivity contribution < 1.29 is 22.7 Å². The molecule has 0 bridgehead atoms. The summed E-state index contributed by atoms with van der Waals surface area (Å²) in [5.74, 6) is 0.609. The van der Waals surface area contributed by atoms with Crippen molar-refractivity contribution in [2.24, 2.45) is 0 Å². The van der Waals surface area contributed by atoms with E-state index in [1.54, 1.807) is 28.9 Å². The van der Waals surface area contributed by atoms with Gasteiger partial charge < -0.3 is 10.1 Å². The molecule has 0 atom stereocenters. The van der Waals surface area contributed by atoms with E-state index in [-0.39, 0.29) is 28.9 Å². The van der Waals surface area contributed by atoms with Gasteiger partial charge in [-0.15, -0.1) is 0 Å². The second-order valence-electron chi connectivity index (χ2n) is 7.12. The zero-order valence-corrected chi connectivity index (χ0v) is 19.3. The third kappa shape index (κ3) is 6.70. The van der Waals surface area contributed by atoms with Gasteiger partial charge in [0.05, 0.1) is 18.5 Å². The lowest BCUT2D eigenvalue weighted by molar-refractivity contribution is -0.141. The number of amides is 1. The summed E-state index contributed by atoms with van der Waals surface area (Å²) in [4.78, 5) is 20.1. The molecule has 3 rings (SSSR count). The lowest BCUT2D eigenvalue weighted by Gasteiger charge is -2.11. The first kappa shape index (κ1) is 24.6. The Labute approximate surface area is 193 Å². The lowest BCUT2D eigenvalue weighted by atomic mass is 10.1. The minimum absolute atomic E-state index is 0.0384. The predicted molar refractivity (Wildman–Crippen MR) is 119 cm³/mol. The number of alkyl halides is 3. The highest BCUT2D eigenvalue weighted by atomic mass is 32.2. The first-order chi connectivity index (χ1) is 15.7. The number of aryl methyl sites for hydroxylation is 2. The average molecular weight is 480 g/mol. The number of ether oxygens (including phenoxy) is 1. The normalized spacial score (nSPS) is 11.5. The minimum Gasteiger partial charge on any atom is -0.497 e. The number of nitrogens with one attached hydrogen (secondary N) is 1. The van der Waals surface area contributed by atoms with Crippen LogP contribution in [0.25, 0.3) is 11.3 Å². The van der Waals surface area contributed by atoms with Crippen LogP contribution >= 0.6 is 11.8 Å². The third-order valence-electron chi connectivity index (χ3n) is 4.79. The number of halogens is 3. The molecule has 0 radical (unpaired) electrons.